The van der Waals surface area contributed by atoms with E-state index in [1.807, 2.05) is 17.0 Å². The average molecular weight is 364 g/mol. The number of benzene rings is 1. The lowest BCUT2D eigenvalue weighted by Gasteiger charge is -2.22. The number of amides is 1. The minimum atomic E-state index is -0.220. The van der Waals surface area contributed by atoms with Gasteiger partial charge in [-0.1, -0.05) is 23.9 Å². The molecule has 0 atom stereocenters. The first kappa shape index (κ1) is 17.7. The summed E-state index contributed by atoms with van der Waals surface area (Å²) in [7, 11) is 0. The number of nitrogens with one attached hydrogen (secondary N) is 1. The molecule has 1 fully saturated rings. The molecule has 3 N–H and O–H groups in total. The fourth-order valence-corrected chi connectivity index (χ4v) is 3.47. The van der Waals surface area contributed by atoms with Crippen molar-refractivity contribution in [3.05, 3.63) is 35.6 Å². The highest BCUT2D eigenvalue weighted by Crippen LogP contribution is 2.15. The number of halogens is 1. The molecule has 1 aliphatic heterocycles. The number of nitrogens with two attached hydrogens (primary N) is 1. The van der Waals surface area contributed by atoms with E-state index in [1.165, 1.54) is 23.9 Å². The van der Waals surface area contributed by atoms with E-state index in [4.69, 9.17) is 5.73 Å². The van der Waals surface area contributed by atoms with Crippen LogP contribution in [0, 0.1) is 5.82 Å². The SMILES string of the molecule is Nc1nc(SCC(=O)N2CCCN(Cc3ccc(F)cc3)CC2)n[nH]1. The lowest BCUT2D eigenvalue weighted by molar-refractivity contribution is -0.128. The standard InChI is InChI=1S/C16H21FN6OS/c17-13-4-2-12(3-5-13)10-22-6-1-7-23(9-8-22)14(24)11-25-16-19-15(18)20-21-16/h2-5H,1,6-11H2,(H3,18,19,20,21). The molecule has 7 nitrogen and oxygen atoms in total. The summed E-state index contributed by atoms with van der Waals surface area (Å²) in [5, 5.41) is 6.95. The van der Waals surface area contributed by atoms with Crippen LogP contribution in [0.25, 0.3) is 0 Å². The van der Waals surface area contributed by atoms with Crippen LogP contribution < -0.4 is 5.73 Å². The van der Waals surface area contributed by atoms with Crippen molar-refractivity contribution in [2.45, 2.75) is 18.1 Å². The number of anilines is 1. The Morgan fingerprint density at radius 1 is 1.24 bits per heavy atom. The Hall–Kier alpha value is -2.13. The van der Waals surface area contributed by atoms with Crippen molar-refractivity contribution in [1.82, 2.24) is 25.0 Å². The molecule has 2 aromatic rings. The van der Waals surface area contributed by atoms with Crippen molar-refractivity contribution in [3.8, 4) is 0 Å². The maximum absolute atomic E-state index is 13.0. The van der Waals surface area contributed by atoms with Crippen LogP contribution in [0.5, 0.6) is 0 Å². The summed E-state index contributed by atoms with van der Waals surface area (Å²) in [6.07, 6.45) is 0.922. The highest BCUT2D eigenvalue weighted by molar-refractivity contribution is 7.99. The van der Waals surface area contributed by atoms with Crippen LogP contribution in [0.1, 0.15) is 12.0 Å². The number of H-pyrrole nitrogens is 1. The Morgan fingerprint density at radius 3 is 2.76 bits per heavy atom. The van der Waals surface area contributed by atoms with Crippen molar-refractivity contribution in [2.75, 3.05) is 37.7 Å². The molecule has 3 rings (SSSR count). The molecule has 9 heteroatoms. The first-order valence-corrected chi connectivity index (χ1v) is 9.14. The molecule has 1 aromatic carbocycles. The summed E-state index contributed by atoms with van der Waals surface area (Å²) >= 11 is 1.28. The largest absolute Gasteiger partial charge is 0.368 e. The zero-order valence-corrected chi connectivity index (χ0v) is 14.6. The highest BCUT2D eigenvalue weighted by Gasteiger charge is 2.19. The van der Waals surface area contributed by atoms with E-state index >= 15 is 0 Å². The average Bonchev–Trinajstić information content (AvgIpc) is 2.88. The number of aromatic nitrogens is 3. The second kappa shape index (κ2) is 8.30. The van der Waals surface area contributed by atoms with Gasteiger partial charge in [0.2, 0.25) is 17.0 Å². The monoisotopic (exact) mass is 364 g/mol. The van der Waals surface area contributed by atoms with E-state index in [-0.39, 0.29) is 17.7 Å². The van der Waals surface area contributed by atoms with Gasteiger partial charge in [0.1, 0.15) is 5.82 Å². The summed E-state index contributed by atoms with van der Waals surface area (Å²) in [6.45, 7) is 3.94. The first-order chi connectivity index (χ1) is 12.1. The van der Waals surface area contributed by atoms with E-state index in [0.29, 0.717) is 17.5 Å². The number of nitrogen functional groups attached to an aromatic ring is 1. The summed E-state index contributed by atoms with van der Waals surface area (Å²) < 4.78 is 13.0. The lowest BCUT2D eigenvalue weighted by atomic mass is 10.2. The van der Waals surface area contributed by atoms with Gasteiger partial charge >= 0.3 is 0 Å². The third-order valence-corrected chi connectivity index (χ3v) is 4.90. The number of carbonyl (C=O) groups is 1. The maximum Gasteiger partial charge on any atom is 0.233 e. The molecule has 25 heavy (non-hydrogen) atoms. The van der Waals surface area contributed by atoms with Crippen LogP contribution in [0.15, 0.2) is 29.4 Å². The minimum Gasteiger partial charge on any atom is -0.368 e. The Balaban J connectivity index is 1.47. The van der Waals surface area contributed by atoms with Crippen molar-refractivity contribution in [2.24, 2.45) is 0 Å². The third-order valence-electron chi connectivity index (χ3n) is 4.07. The van der Waals surface area contributed by atoms with Gasteiger partial charge in [0.25, 0.3) is 0 Å². The van der Waals surface area contributed by atoms with Crippen molar-refractivity contribution in [1.29, 1.82) is 0 Å². The van der Waals surface area contributed by atoms with Crippen LogP contribution in [-0.4, -0.2) is 62.8 Å². The van der Waals surface area contributed by atoms with Crippen LogP contribution in [0.3, 0.4) is 0 Å². The van der Waals surface area contributed by atoms with Gasteiger partial charge in [-0.2, -0.15) is 4.98 Å². The molecule has 0 radical (unpaired) electrons. The number of hydrogen-bond acceptors (Lipinski definition) is 6. The van der Waals surface area contributed by atoms with Crippen molar-refractivity contribution >= 4 is 23.6 Å². The summed E-state index contributed by atoms with van der Waals surface area (Å²) in [5.41, 5.74) is 6.55. The van der Waals surface area contributed by atoms with Gasteiger partial charge in [-0.15, -0.1) is 5.10 Å². The third kappa shape index (κ3) is 5.17. The molecule has 1 amide bonds. The smallest absolute Gasteiger partial charge is 0.233 e. The molecule has 1 aromatic heterocycles. The molecule has 0 saturated carbocycles. The Labute approximate surface area is 149 Å². The van der Waals surface area contributed by atoms with Crippen LogP contribution >= 0.6 is 11.8 Å². The second-order valence-corrected chi connectivity index (χ2v) is 6.87. The number of rotatable bonds is 5. The zero-order chi connectivity index (χ0) is 17.6. The van der Waals surface area contributed by atoms with Gasteiger partial charge in [0.05, 0.1) is 5.75 Å². The maximum atomic E-state index is 13.0. The molecule has 0 spiro atoms. The Kier molecular flexibility index (Phi) is 5.87. The minimum absolute atomic E-state index is 0.0806. The molecule has 0 bridgehead atoms. The molecule has 134 valence electrons. The zero-order valence-electron chi connectivity index (χ0n) is 13.8. The molecule has 0 aliphatic carbocycles. The van der Waals surface area contributed by atoms with Crippen LogP contribution in [0.2, 0.25) is 0 Å². The molecular formula is C16H21FN6OS. The van der Waals surface area contributed by atoms with Gasteiger partial charge in [-0.3, -0.25) is 9.69 Å². The lowest BCUT2D eigenvalue weighted by Crippen LogP contribution is -2.36. The highest BCUT2D eigenvalue weighted by atomic mass is 32.2. The normalized spacial score (nSPS) is 16.0. The van der Waals surface area contributed by atoms with Crippen LogP contribution in [0.4, 0.5) is 10.3 Å². The molecule has 0 unspecified atom stereocenters. The molecule has 2 heterocycles. The summed E-state index contributed by atoms with van der Waals surface area (Å²) in [4.78, 5) is 20.5. The van der Waals surface area contributed by atoms with E-state index in [2.05, 4.69) is 20.1 Å². The van der Waals surface area contributed by atoms with Gasteiger partial charge in [-0.05, 0) is 24.1 Å². The first-order valence-electron chi connectivity index (χ1n) is 8.15. The quantitative estimate of drug-likeness (QED) is 0.779. The number of aromatic amines is 1. The summed E-state index contributed by atoms with van der Waals surface area (Å²) in [5.74, 6) is 0.412. The fraction of sp³-hybridized carbons (Fsp3) is 0.438. The predicted octanol–water partition coefficient (Wildman–Crippen LogP) is 1.35. The Morgan fingerprint density at radius 2 is 2.04 bits per heavy atom. The van der Waals surface area contributed by atoms with Gasteiger partial charge in [0, 0.05) is 32.7 Å². The van der Waals surface area contributed by atoms with Crippen molar-refractivity contribution < 1.29 is 9.18 Å². The molecule has 1 saturated heterocycles. The molecule has 1 aliphatic rings. The number of carbonyl (C=O) groups excluding carboxylic acids is 1. The second-order valence-electron chi connectivity index (χ2n) is 5.93. The predicted molar refractivity (Wildman–Crippen MR) is 94.4 cm³/mol. The van der Waals surface area contributed by atoms with Gasteiger partial charge in [0.15, 0.2) is 0 Å². The van der Waals surface area contributed by atoms with Crippen LogP contribution in [-0.2, 0) is 11.3 Å². The summed E-state index contributed by atoms with van der Waals surface area (Å²) in [6, 6.07) is 6.58. The number of thioether (sulfide) groups is 1. The van der Waals surface area contributed by atoms with Crippen molar-refractivity contribution in [3.63, 3.8) is 0 Å². The molecular weight excluding hydrogens is 343 g/mol. The number of hydrogen-bond donors (Lipinski definition) is 2. The van der Waals surface area contributed by atoms with Gasteiger partial charge < -0.3 is 10.6 Å². The van der Waals surface area contributed by atoms with E-state index in [1.54, 1.807) is 0 Å². The van der Waals surface area contributed by atoms with E-state index < -0.39 is 0 Å². The van der Waals surface area contributed by atoms with E-state index in [9.17, 15) is 9.18 Å². The number of nitrogens with zero attached hydrogens (tertiary/aromatic N) is 4. The fourth-order valence-electron chi connectivity index (χ4n) is 2.77. The van der Waals surface area contributed by atoms with E-state index in [0.717, 1.165) is 38.2 Å². The van der Waals surface area contributed by atoms with Gasteiger partial charge in [-0.25, -0.2) is 9.49 Å². The Bertz CT molecular complexity index is 707. The topological polar surface area (TPSA) is 91.1 Å².